The summed E-state index contributed by atoms with van der Waals surface area (Å²) in [5, 5.41) is 8.89. The second-order valence-corrected chi connectivity index (χ2v) is 6.00. The molecule has 1 aromatic carbocycles. The minimum atomic E-state index is -0.712. The summed E-state index contributed by atoms with van der Waals surface area (Å²) in [5.41, 5.74) is 1.28. The van der Waals surface area contributed by atoms with Crippen molar-refractivity contribution in [1.29, 1.82) is 0 Å². The normalized spacial score (nSPS) is 16.6. The summed E-state index contributed by atoms with van der Waals surface area (Å²) in [5.74, 6) is -0.712. The third-order valence-electron chi connectivity index (χ3n) is 3.64. The Kier molecular flexibility index (Phi) is 4.99. The van der Waals surface area contributed by atoms with Crippen molar-refractivity contribution < 1.29 is 9.90 Å². The van der Waals surface area contributed by atoms with Gasteiger partial charge >= 0.3 is 5.97 Å². The quantitative estimate of drug-likeness (QED) is 0.828. The molecule has 1 unspecified atom stereocenters. The predicted molar refractivity (Wildman–Crippen MR) is 79.2 cm³/mol. The number of rotatable bonds is 7. The van der Waals surface area contributed by atoms with Gasteiger partial charge in [-0.3, -0.25) is 9.69 Å². The molecule has 0 bridgehead atoms. The van der Waals surface area contributed by atoms with Gasteiger partial charge in [0.05, 0.1) is 6.42 Å². The number of carbonyl (C=O) groups is 1. The van der Waals surface area contributed by atoms with Crippen LogP contribution in [0.1, 0.15) is 44.2 Å². The molecular weight excluding hydrogens is 306 g/mol. The summed E-state index contributed by atoms with van der Waals surface area (Å²) in [7, 11) is 0. The summed E-state index contributed by atoms with van der Waals surface area (Å²) in [6.07, 6.45) is 3.64. The first-order chi connectivity index (χ1) is 9.11. The molecule has 3 nitrogen and oxygen atoms in total. The molecule has 1 aliphatic rings. The zero-order chi connectivity index (χ0) is 13.8. The Morgan fingerprint density at radius 3 is 2.53 bits per heavy atom. The monoisotopic (exact) mass is 325 g/mol. The van der Waals surface area contributed by atoms with Gasteiger partial charge in [-0.25, -0.2) is 0 Å². The van der Waals surface area contributed by atoms with Gasteiger partial charge in [0.15, 0.2) is 0 Å². The van der Waals surface area contributed by atoms with Crippen molar-refractivity contribution >= 4 is 21.9 Å². The van der Waals surface area contributed by atoms with E-state index in [0.29, 0.717) is 18.6 Å². The van der Waals surface area contributed by atoms with Crippen LogP contribution in [0, 0.1) is 0 Å². The lowest BCUT2D eigenvalue weighted by molar-refractivity contribution is -0.137. The van der Waals surface area contributed by atoms with Gasteiger partial charge in [-0.2, -0.15) is 0 Å². The van der Waals surface area contributed by atoms with Gasteiger partial charge in [-0.15, -0.1) is 0 Å². The number of hydrogen-bond donors (Lipinski definition) is 1. The van der Waals surface area contributed by atoms with Crippen LogP contribution >= 0.6 is 15.9 Å². The molecule has 104 valence electrons. The Hall–Kier alpha value is -0.870. The van der Waals surface area contributed by atoms with Crippen molar-refractivity contribution in [3.8, 4) is 0 Å². The summed E-state index contributed by atoms with van der Waals surface area (Å²) in [6.45, 7) is 2.82. The first-order valence-corrected chi connectivity index (χ1v) is 7.64. The largest absolute Gasteiger partial charge is 0.481 e. The van der Waals surface area contributed by atoms with E-state index in [1.165, 1.54) is 18.4 Å². The van der Waals surface area contributed by atoms with Crippen LogP contribution in [0.4, 0.5) is 0 Å². The van der Waals surface area contributed by atoms with Crippen LogP contribution in [0.15, 0.2) is 28.7 Å². The van der Waals surface area contributed by atoms with Crippen molar-refractivity contribution in [2.24, 2.45) is 0 Å². The summed E-state index contributed by atoms with van der Waals surface area (Å²) in [6, 6.07) is 9.29. The van der Waals surface area contributed by atoms with Gasteiger partial charge in [0.1, 0.15) is 0 Å². The third-order valence-corrected chi connectivity index (χ3v) is 4.17. The molecule has 1 atom stereocenters. The molecule has 0 amide bonds. The van der Waals surface area contributed by atoms with Crippen LogP contribution in [0.25, 0.3) is 0 Å². The van der Waals surface area contributed by atoms with Gasteiger partial charge in [0.25, 0.3) is 0 Å². The number of aliphatic carboxylic acids is 1. The topological polar surface area (TPSA) is 40.5 Å². The van der Waals surface area contributed by atoms with E-state index in [0.717, 1.165) is 10.9 Å². The Balaban J connectivity index is 2.12. The SMILES string of the molecule is CCC(c1ccc(Br)cc1)N(CCC(=O)O)C1CC1. The molecular formula is C15H20BrNO2. The number of carboxylic acid groups (broad SMARTS) is 1. The Labute approximate surface area is 122 Å². The summed E-state index contributed by atoms with van der Waals surface area (Å²) < 4.78 is 1.08. The molecule has 0 spiro atoms. The highest BCUT2D eigenvalue weighted by atomic mass is 79.9. The Bertz CT molecular complexity index is 428. The first-order valence-electron chi connectivity index (χ1n) is 6.84. The summed E-state index contributed by atoms with van der Waals surface area (Å²) >= 11 is 3.45. The number of nitrogens with zero attached hydrogens (tertiary/aromatic N) is 1. The highest BCUT2D eigenvalue weighted by Crippen LogP contribution is 2.36. The van der Waals surface area contributed by atoms with Gasteiger partial charge in [0, 0.05) is 23.1 Å². The van der Waals surface area contributed by atoms with E-state index >= 15 is 0 Å². The van der Waals surface area contributed by atoms with E-state index < -0.39 is 5.97 Å². The van der Waals surface area contributed by atoms with E-state index in [1.807, 2.05) is 0 Å². The van der Waals surface area contributed by atoms with Crippen LogP contribution in [-0.4, -0.2) is 28.6 Å². The van der Waals surface area contributed by atoms with E-state index in [4.69, 9.17) is 5.11 Å². The Morgan fingerprint density at radius 1 is 1.42 bits per heavy atom. The smallest absolute Gasteiger partial charge is 0.304 e. The lowest BCUT2D eigenvalue weighted by Gasteiger charge is -2.31. The molecule has 0 heterocycles. The number of hydrogen-bond acceptors (Lipinski definition) is 2. The van der Waals surface area contributed by atoms with Crippen molar-refractivity contribution in [3.63, 3.8) is 0 Å². The van der Waals surface area contributed by atoms with Crippen LogP contribution in [-0.2, 0) is 4.79 Å². The van der Waals surface area contributed by atoms with Crippen LogP contribution in [0.3, 0.4) is 0 Å². The van der Waals surface area contributed by atoms with Crippen LogP contribution in [0.2, 0.25) is 0 Å². The van der Waals surface area contributed by atoms with Crippen LogP contribution in [0.5, 0.6) is 0 Å². The van der Waals surface area contributed by atoms with Crippen molar-refractivity contribution in [1.82, 2.24) is 4.90 Å². The highest BCUT2D eigenvalue weighted by molar-refractivity contribution is 9.10. The average Bonchev–Trinajstić information content (AvgIpc) is 3.20. The average molecular weight is 326 g/mol. The zero-order valence-electron chi connectivity index (χ0n) is 11.2. The predicted octanol–water partition coefficient (Wildman–Crippen LogP) is 3.84. The molecule has 2 rings (SSSR count). The number of halogens is 1. The maximum absolute atomic E-state index is 10.8. The highest BCUT2D eigenvalue weighted by Gasteiger charge is 2.33. The molecule has 0 aromatic heterocycles. The number of carboxylic acids is 1. The third kappa shape index (κ3) is 4.05. The van der Waals surface area contributed by atoms with Crippen molar-refractivity contribution in [2.45, 2.75) is 44.7 Å². The van der Waals surface area contributed by atoms with E-state index in [1.54, 1.807) is 0 Å². The molecule has 4 heteroatoms. The second kappa shape index (κ2) is 6.53. The molecule has 0 aliphatic heterocycles. The van der Waals surface area contributed by atoms with E-state index in [9.17, 15) is 4.79 Å². The Morgan fingerprint density at radius 2 is 2.05 bits per heavy atom. The lowest BCUT2D eigenvalue weighted by atomic mass is 10.0. The molecule has 1 saturated carbocycles. The molecule has 1 fully saturated rings. The van der Waals surface area contributed by atoms with Crippen LogP contribution < -0.4 is 0 Å². The van der Waals surface area contributed by atoms with Crippen molar-refractivity contribution in [2.75, 3.05) is 6.54 Å². The second-order valence-electron chi connectivity index (χ2n) is 5.09. The standard InChI is InChI=1S/C15H20BrNO2/c1-2-14(11-3-5-12(16)6-4-11)17(13-7-8-13)10-9-15(18)19/h3-6,13-14H,2,7-10H2,1H3,(H,18,19). The molecule has 0 radical (unpaired) electrons. The lowest BCUT2D eigenvalue weighted by Crippen LogP contribution is -2.32. The summed E-state index contributed by atoms with van der Waals surface area (Å²) in [4.78, 5) is 13.2. The first kappa shape index (κ1) is 14.5. The van der Waals surface area contributed by atoms with Gasteiger partial charge in [-0.1, -0.05) is 35.0 Å². The zero-order valence-corrected chi connectivity index (χ0v) is 12.8. The fraction of sp³-hybridized carbons (Fsp3) is 0.533. The molecule has 1 N–H and O–H groups in total. The van der Waals surface area contributed by atoms with Gasteiger partial charge < -0.3 is 5.11 Å². The van der Waals surface area contributed by atoms with E-state index in [-0.39, 0.29) is 6.42 Å². The molecule has 0 saturated heterocycles. The van der Waals surface area contributed by atoms with E-state index in [2.05, 4.69) is 52.0 Å². The minimum absolute atomic E-state index is 0.226. The maximum atomic E-state index is 10.8. The van der Waals surface area contributed by atoms with Gasteiger partial charge in [-0.05, 0) is 37.0 Å². The fourth-order valence-corrected chi connectivity index (χ4v) is 2.83. The fourth-order valence-electron chi connectivity index (χ4n) is 2.57. The number of benzene rings is 1. The minimum Gasteiger partial charge on any atom is -0.481 e. The molecule has 1 aliphatic carbocycles. The van der Waals surface area contributed by atoms with Crippen molar-refractivity contribution in [3.05, 3.63) is 34.3 Å². The van der Waals surface area contributed by atoms with Gasteiger partial charge in [0.2, 0.25) is 0 Å². The molecule has 1 aromatic rings. The maximum Gasteiger partial charge on any atom is 0.304 e. The molecule has 19 heavy (non-hydrogen) atoms.